The van der Waals surface area contributed by atoms with Gasteiger partial charge in [0.25, 0.3) is 0 Å². The Balaban J connectivity index is 2.16. The summed E-state index contributed by atoms with van der Waals surface area (Å²) in [6, 6.07) is 4.90. The first-order valence-corrected chi connectivity index (χ1v) is 10.1. The molecule has 0 saturated carbocycles. The number of carboxylic acids is 1. The number of fused-ring (bicyclic) bond motifs is 1. The van der Waals surface area contributed by atoms with Gasteiger partial charge in [-0.2, -0.15) is 0 Å². The van der Waals surface area contributed by atoms with Crippen LogP contribution in [0.2, 0.25) is 0 Å². The second kappa shape index (κ2) is 8.78. The second-order valence-corrected chi connectivity index (χ2v) is 8.85. The number of hydrogen-bond acceptors (Lipinski definition) is 3. The van der Waals surface area contributed by atoms with Gasteiger partial charge < -0.3 is 14.8 Å². The average Bonchev–Trinajstić information content (AvgIpc) is 2.68. The van der Waals surface area contributed by atoms with Gasteiger partial charge in [-0.05, 0) is 47.6 Å². The zero-order chi connectivity index (χ0) is 23.8. The van der Waals surface area contributed by atoms with Crippen molar-refractivity contribution in [1.82, 2.24) is 4.57 Å². The highest BCUT2D eigenvalue weighted by molar-refractivity contribution is 5.92. The van der Waals surface area contributed by atoms with Crippen molar-refractivity contribution < 1.29 is 28.2 Å². The van der Waals surface area contributed by atoms with E-state index in [0.717, 1.165) is 24.4 Å². The fraction of sp³-hybridized carbons (Fsp3) is 0.333. The Hall–Kier alpha value is -3.13. The first kappa shape index (κ1) is 23.5. The number of aryl methyl sites for hydroxylation is 2. The third kappa shape index (κ3) is 4.55. The number of pyridine rings is 1. The van der Waals surface area contributed by atoms with Crippen molar-refractivity contribution in [2.75, 3.05) is 6.61 Å². The van der Waals surface area contributed by atoms with Gasteiger partial charge in [-0.15, -0.1) is 0 Å². The molecular formula is C24H24F3NO4. The molecular weight excluding hydrogens is 423 g/mol. The zero-order valence-electron chi connectivity index (χ0n) is 18.0. The molecule has 3 rings (SSSR count). The molecule has 0 fully saturated rings. The number of aromatic nitrogens is 1. The summed E-state index contributed by atoms with van der Waals surface area (Å²) in [6.45, 7) is 5.15. The summed E-state index contributed by atoms with van der Waals surface area (Å²) >= 11 is 0. The highest BCUT2D eigenvalue weighted by Crippen LogP contribution is 2.33. The van der Waals surface area contributed by atoms with Crippen LogP contribution in [0.5, 0.6) is 0 Å². The van der Waals surface area contributed by atoms with Crippen LogP contribution in [0.25, 0.3) is 10.9 Å². The molecule has 0 saturated heterocycles. The first-order valence-electron chi connectivity index (χ1n) is 10.1. The molecule has 0 bridgehead atoms. The lowest BCUT2D eigenvalue weighted by atomic mass is 9.86. The summed E-state index contributed by atoms with van der Waals surface area (Å²) in [7, 11) is 0. The summed E-state index contributed by atoms with van der Waals surface area (Å²) < 4.78 is 43.4. The smallest absolute Gasteiger partial charge is 0.341 e. The van der Waals surface area contributed by atoms with Crippen LogP contribution in [0, 0.1) is 22.9 Å². The maximum Gasteiger partial charge on any atom is 0.341 e. The van der Waals surface area contributed by atoms with Crippen molar-refractivity contribution in [3.8, 4) is 0 Å². The van der Waals surface area contributed by atoms with Crippen LogP contribution in [0.3, 0.4) is 0 Å². The van der Waals surface area contributed by atoms with Crippen LogP contribution in [0.1, 0.15) is 48.3 Å². The quantitative estimate of drug-likeness (QED) is 0.584. The molecule has 1 atom stereocenters. The predicted octanol–water partition coefficient (Wildman–Crippen LogP) is 4.48. The Morgan fingerprint density at radius 2 is 1.66 bits per heavy atom. The molecule has 2 N–H and O–H groups in total. The fourth-order valence-corrected chi connectivity index (χ4v) is 3.79. The average molecular weight is 447 g/mol. The van der Waals surface area contributed by atoms with Crippen molar-refractivity contribution in [3.63, 3.8) is 0 Å². The van der Waals surface area contributed by atoms with E-state index in [1.165, 1.54) is 16.7 Å². The minimum absolute atomic E-state index is 0.0106. The fourth-order valence-electron chi connectivity index (χ4n) is 3.79. The summed E-state index contributed by atoms with van der Waals surface area (Å²) in [5.74, 6) is -3.56. The first-order chi connectivity index (χ1) is 14.9. The topological polar surface area (TPSA) is 79.5 Å². The van der Waals surface area contributed by atoms with E-state index in [1.54, 1.807) is 0 Å². The number of aliphatic hydroxyl groups is 1. The van der Waals surface area contributed by atoms with E-state index < -0.39 is 45.9 Å². The van der Waals surface area contributed by atoms with Gasteiger partial charge >= 0.3 is 5.97 Å². The number of aliphatic hydroxyl groups excluding tert-OH is 1. The van der Waals surface area contributed by atoms with Gasteiger partial charge in [0.1, 0.15) is 23.0 Å². The van der Waals surface area contributed by atoms with E-state index >= 15 is 0 Å². The van der Waals surface area contributed by atoms with E-state index in [2.05, 4.69) is 0 Å². The highest BCUT2D eigenvalue weighted by Gasteiger charge is 2.28. The summed E-state index contributed by atoms with van der Waals surface area (Å²) in [6.07, 6.45) is 1.21. The number of hydrogen-bond donors (Lipinski definition) is 2. The summed E-state index contributed by atoms with van der Waals surface area (Å²) in [5, 5.41) is 19.5. The summed E-state index contributed by atoms with van der Waals surface area (Å²) in [5.41, 5.74) is -1.35. The summed E-state index contributed by atoms with van der Waals surface area (Å²) in [4.78, 5) is 24.5. The molecule has 2 aromatic carbocycles. The van der Waals surface area contributed by atoms with E-state index in [0.29, 0.717) is 0 Å². The maximum absolute atomic E-state index is 15.0. The van der Waals surface area contributed by atoms with Crippen LogP contribution < -0.4 is 5.43 Å². The van der Waals surface area contributed by atoms with Crippen molar-refractivity contribution in [2.45, 2.75) is 39.7 Å². The molecule has 5 nitrogen and oxygen atoms in total. The number of nitrogens with zero attached hydrogens (tertiary/aromatic N) is 1. The molecule has 32 heavy (non-hydrogen) atoms. The largest absolute Gasteiger partial charge is 0.477 e. The molecule has 0 aliphatic carbocycles. The van der Waals surface area contributed by atoms with E-state index in [-0.39, 0.29) is 41.5 Å². The van der Waals surface area contributed by atoms with E-state index in [9.17, 15) is 33.0 Å². The SMILES string of the molecule is CC(C)(C)[C@@H](CO)n1cc(C(=O)O)c(=O)c2cc(CCc3ccc(F)cc3F)c(F)cc21. The molecule has 1 heterocycles. The molecule has 1 aromatic heterocycles. The lowest BCUT2D eigenvalue weighted by molar-refractivity contribution is 0.0692. The molecule has 0 aliphatic heterocycles. The van der Waals surface area contributed by atoms with Crippen LogP contribution in [-0.4, -0.2) is 27.4 Å². The predicted molar refractivity (Wildman–Crippen MR) is 114 cm³/mol. The molecule has 0 amide bonds. The Bertz CT molecular complexity index is 1240. The van der Waals surface area contributed by atoms with Crippen LogP contribution in [-0.2, 0) is 12.8 Å². The normalized spacial score (nSPS) is 12.8. The Morgan fingerprint density at radius 1 is 1.03 bits per heavy atom. The Labute approximate surface area is 182 Å². The molecule has 0 aliphatic rings. The molecule has 0 unspecified atom stereocenters. The van der Waals surface area contributed by atoms with Crippen molar-refractivity contribution >= 4 is 16.9 Å². The van der Waals surface area contributed by atoms with E-state index in [4.69, 9.17) is 0 Å². The molecule has 3 aromatic rings. The van der Waals surface area contributed by atoms with Gasteiger partial charge in [0.15, 0.2) is 0 Å². The van der Waals surface area contributed by atoms with Crippen molar-refractivity contribution in [2.24, 2.45) is 5.41 Å². The van der Waals surface area contributed by atoms with Crippen molar-refractivity contribution in [3.05, 3.63) is 80.9 Å². The minimum Gasteiger partial charge on any atom is -0.477 e. The third-order valence-corrected chi connectivity index (χ3v) is 5.62. The second-order valence-electron chi connectivity index (χ2n) is 8.85. The van der Waals surface area contributed by atoms with Crippen LogP contribution in [0.4, 0.5) is 13.2 Å². The maximum atomic E-state index is 15.0. The van der Waals surface area contributed by atoms with Crippen LogP contribution >= 0.6 is 0 Å². The van der Waals surface area contributed by atoms with Gasteiger partial charge in [-0.3, -0.25) is 4.79 Å². The van der Waals surface area contributed by atoms with E-state index in [1.807, 2.05) is 20.8 Å². The van der Waals surface area contributed by atoms with Gasteiger partial charge in [0, 0.05) is 17.6 Å². The number of aromatic carboxylic acids is 1. The minimum atomic E-state index is -1.43. The highest BCUT2D eigenvalue weighted by atomic mass is 19.1. The van der Waals surface area contributed by atoms with Crippen molar-refractivity contribution in [1.29, 1.82) is 0 Å². The lowest BCUT2D eigenvalue weighted by Crippen LogP contribution is -2.30. The number of benzene rings is 2. The lowest BCUT2D eigenvalue weighted by Gasteiger charge is -2.33. The van der Waals surface area contributed by atoms with Crippen LogP contribution in [0.15, 0.2) is 41.3 Å². The third-order valence-electron chi connectivity index (χ3n) is 5.62. The Kier molecular flexibility index (Phi) is 6.46. The molecule has 170 valence electrons. The Morgan fingerprint density at radius 3 is 2.22 bits per heavy atom. The molecule has 0 spiro atoms. The molecule has 0 radical (unpaired) electrons. The van der Waals surface area contributed by atoms with Gasteiger partial charge in [0.05, 0.1) is 18.2 Å². The van der Waals surface area contributed by atoms with Gasteiger partial charge in [-0.25, -0.2) is 18.0 Å². The number of carboxylic acid groups (broad SMARTS) is 1. The van der Waals surface area contributed by atoms with Gasteiger partial charge in [-0.1, -0.05) is 26.8 Å². The number of rotatable bonds is 6. The standard InChI is InChI=1S/C24H24F3NO4/c1-24(2,3)21(12-29)28-11-17(23(31)32)22(30)16-8-14(19(27)10-20(16)28)5-4-13-6-7-15(25)9-18(13)26/h6-11,21,29H,4-5,12H2,1-3H3,(H,31,32)/t21-/m1/s1. The number of carbonyl (C=O) groups is 1. The molecule has 8 heteroatoms. The zero-order valence-corrected chi connectivity index (χ0v) is 18.0. The number of halogens is 3. The van der Waals surface area contributed by atoms with Gasteiger partial charge in [0.2, 0.25) is 5.43 Å². The monoisotopic (exact) mass is 447 g/mol.